The van der Waals surface area contributed by atoms with Gasteiger partial charge in [0.05, 0.1) is 11.4 Å². The van der Waals surface area contributed by atoms with Crippen molar-refractivity contribution in [3.63, 3.8) is 0 Å². The molecule has 0 amide bonds. The summed E-state index contributed by atoms with van der Waals surface area (Å²) in [5.41, 5.74) is 2.61. The van der Waals surface area contributed by atoms with Gasteiger partial charge in [-0.15, -0.1) is 0 Å². The van der Waals surface area contributed by atoms with Crippen LogP contribution in [0.5, 0.6) is 0 Å². The Morgan fingerprint density at radius 1 is 1.24 bits per heavy atom. The molecular weight excluding hydrogens is 215 g/mol. The third-order valence-electron chi connectivity index (χ3n) is 3.27. The second kappa shape index (κ2) is 4.94. The summed E-state index contributed by atoms with van der Waals surface area (Å²) in [6, 6.07) is 3.48. The van der Waals surface area contributed by atoms with Gasteiger partial charge >= 0.3 is 0 Å². The number of hydrogen-bond acceptors (Lipinski definition) is 2. The SMILES string of the molecule is Cc1cc2c(cc1F)NCC(CC(C)C)CN2. The van der Waals surface area contributed by atoms with Crippen molar-refractivity contribution >= 4 is 11.4 Å². The van der Waals surface area contributed by atoms with Gasteiger partial charge in [0, 0.05) is 13.1 Å². The smallest absolute Gasteiger partial charge is 0.128 e. The molecule has 0 aliphatic carbocycles. The van der Waals surface area contributed by atoms with E-state index in [1.54, 1.807) is 13.0 Å². The molecule has 1 aliphatic heterocycles. The molecule has 0 aromatic heterocycles. The van der Waals surface area contributed by atoms with Gasteiger partial charge in [0.1, 0.15) is 5.82 Å². The molecule has 0 saturated heterocycles. The molecule has 0 radical (unpaired) electrons. The van der Waals surface area contributed by atoms with E-state index in [-0.39, 0.29) is 5.82 Å². The molecule has 0 spiro atoms. The average Bonchev–Trinajstić information content (AvgIpc) is 2.43. The average molecular weight is 236 g/mol. The molecule has 1 aromatic carbocycles. The molecule has 2 N–H and O–H groups in total. The van der Waals surface area contributed by atoms with Crippen molar-refractivity contribution in [1.29, 1.82) is 0 Å². The van der Waals surface area contributed by atoms with Crippen LogP contribution in [0.3, 0.4) is 0 Å². The summed E-state index contributed by atoms with van der Waals surface area (Å²) < 4.78 is 13.5. The normalized spacial score (nSPS) is 19.2. The van der Waals surface area contributed by atoms with Gasteiger partial charge in [-0.3, -0.25) is 0 Å². The highest BCUT2D eigenvalue weighted by Gasteiger charge is 2.17. The molecular formula is C14H21FN2. The van der Waals surface area contributed by atoms with Gasteiger partial charge < -0.3 is 10.6 Å². The fraction of sp³-hybridized carbons (Fsp3) is 0.571. The maximum atomic E-state index is 13.5. The first-order valence-corrected chi connectivity index (χ1v) is 6.34. The van der Waals surface area contributed by atoms with E-state index in [1.807, 2.05) is 6.07 Å². The Labute approximate surface area is 103 Å². The summed E-state index contributed by atoms with van der Waals surface area (Å²) in [5.74, 6) is 1.16. The van der Waals surface area contributed by atoms with Gasteiger partial charge in [-0.25, -0.2) is 4.39 Å². The van der Waals surface area contributed by atoms with Gasteiger partial charge in [-0.1, -0.05) is 13.8 Å². The summed E-state index contributed by atoms with van der Waals surface area (Å²) >= 11 is 0. The Morgan fingerprint density at radius 2 is 1.82 bits per heavy atom. The Hall–Kier alpha value is -1.25. The first kappa shape index (κ1) is 12.2. The van der Waals surface area contributed by atoms with Crippen LogP contribution in [0.4, 0.5) is 15.8 Å². The summed E-state index contributed by atoms with van der Waals surface area (Å²) in [6.45, 7) is 8.15. The van der Waals surface area contributed by atoms with Crippen molar-refractivity contribution in [2.24, 2.45) is 11.8 Å². The number of hydrogen-bond donors (Lipinski definition) is 2. The van der Waals surface area contributed by atoms with Gasteiger partial charge in [-0.05, 0) is 42.9 Å². The van der Waals surface area contributed by atoms with Crippen LogP contribution in [0, 0.1) is 24.6 Å². The minimum atomic E-state index is -0.139. The largest absolute Gasteiger partial charge is 0.383 e. The van der Waals surface area contributed by atoms with Crippen molar-refractivity contribution in [1.82, 2.24) is 0 Å². The molecule has 2 nitrogen and oxygen atoms in total. The van der Waals surface area contributed by atoms with E-state index in [2.05, 4.69) is 24.5 Å². The molecule has 2 rings (SSSR count). The quantitative estimate of drug-likeness (QED) is 0.819. The topological polar surface area (TPSA) is 24.1 Å². The van der Waals surface area contributed by atoms with Crippen molar-refractivity contribution in [2.45, 2.75) is 27.2 Å². The summed E-state index contributed by atoms with van der Waals surface area (Å²) in [5, 5.41) is 6.77. The third-order valence-corrected chi connectivity index (χ3v) is 3.27. The molecule has 17 heavy (non-hydrogen) atoms. The molecule has 1 atom stereocenters. The van der Waals surface area contributed by atoms with Crippen LogP contribution in [0.1, 0.15) is 25.8 Å². The zero-order valence-electron chi connectivity index (χ0n) is 10.8. The zero-order valence-corrected chi connectivity index (χ0v) is 10.8. The van der Waals surface area contributed by atoms with Crippen LogP contribution < -0.4 is 10.6 Å². The molecule has 1 unspecified atom stereocenters. The lowest BCUT2D eigenvalue weighted by molar-refractivity contribution is 0.444. The zero-order chi connectivity index (χ0) is 12.4. The van der Waals surface area contributed by atoms with Crippen molar-refractivity contribution in [2.75, 3.05) is 23.7 Å². The van der Waals surface area contributed by atoms with E-state index in [4.69, 9.17) is 0 Å². The third kappa shape index (κ3) is 2.90. The van der Waals surface area contributed by atoms with Crippen LogP contribution in [0.15, 0.2) is 12.1 Å². The number of benzene rings is 1. The van der Waals surface area contributed by atoms with E-state index >= 15 is 0 Å². The Balaban J connectivity index is 2.13. The highest BCUT2D eigenvalue weighted by atomic mass is 19.1. The van der Waals surface area contributed by atoms with Crippen molar-refractivity contribution in [3.8, 4) is 0 Å². The van der Waals surface area contributed by atoms with E-state index in [1.165, 1.54) is 6.42 Å². The van der Waals surface area contributed by atoms with Crippen molar-refractivity contribution < 1.29 is 4.39 Å². The van der Waals surface area contributed by atoms with Gasteiger partial charge in [-0.2, -0.15) is 0 Å². The van der Waals surface area contributed by atoms with E-state index in [0.29, 0.717) is 17.4 Å². The van der Waals surface area contributed by atoms with E-state index in [0.717, 1.165) is 24.5 Å². The fourth-order valence-electron chi connectivity index (χ4n) is 2.39. The number of nitrogens with one attached hydrogen (secondary N) is 2. The first-order valence-electron chi connectivity index (χ1n) is 6.34. The Kier molecular flexibility index (Phi) is 3.55. The van der Waals surface area contributed by atoms with Crippen LogP contribution in [-0.4, -0.2) is 13.1 Å². The molecule has 3 heteroatoms. The minimum absolute atomic E-state index is 0.139. The molecule has 0 bridgehead atoms. The molecule has 0 fully saturated rings. The first-order chi connectivity index (χ1) is 8.06. The molecule has 1 heterocycles. The minimum Gasteiger partial charge on any atom is -0.383 e. The fourth-order valence-corrected chi connectivity index (χ4v) is 2.39. The monoisotopic (exact) mass is 236 g/mol. The number of fused-ring (bicyclic) bond motifs is 1. The molecule has 0 saturated carbocycles. The van der Waals surface area contributed by atoms with Crippen LogP contribution in [0.2, 0.25) is 0 Å². The Bertz CT molecular complexity index is 368. The second-order valence-electron chi connectivity index (χ2n) is 5.40. The number of halogens is 1. The molecule has 1 aliphatic rings. The number of aryl methyl sites for hydroxylation is 1. The van der Waals surface area contributed by atoms with Gasteiger partial charge in [0.15, 0.2) is 0 Å². The van der Waals surface area contributed by atoms with Gasteiger partial charge in [0.2, 0.25) is 0 Å². The maximum Gasteiger partial charge on any atom is 0.128 e. The lowest BCUT2D eigenvalue weighted by atomic mass is 9.97. The predicted octanol–water partition coefficient (Wildman–Crippen LogP) is 3.63. The van der Waals surface area contributed by atoms with E-state index < -0.39 is 0 Å². The highest BCUT2D eigenvalue weighted by molar-refractivity contribution is 5.70. The van der Waals surface area contributed by atoms with Gasteiger partial charge in [0.25, 0.3) is 0 Å². The summed E-state index contributed by atoms with van der Waals surface area (Å²) in [4.78, 5) is 0. The van der Waals surface area contributed by atoms with Crippen LogP contribution >= 0.6 is 0 Å². The highest BCUT2D eigenvalue weighted by Crippen LogP contribution is 2.29. The number of rotatable bonds is 2. The predicted molar refractivity (Wildman–Crippen MR) is 71.1 cm³/mol. The van der Waals surface area contributed by atoms with E-state index in [9.17, 15) is 4.39 Å². The summed E-state index contributed by atoms with van der Waals surface area (Å²) in [7, 11) is 0. The van der Waals surface area contributed by atoms with Crippen molar-refractivity contribution in [3.05, 3.63) is 23.5 Å². The lowest BCUT2D eigenvalue weighted by Gasteiger charge is -2.16. The summed E-state index contributed by atoms with van der Waals surface area (Å²) in [6.07, 6.45) is 1.19. The number of anilines is 2. The molecule has 1 aromatic rings. The van der Waals surface area contributed by atoms with Crippen LogP contribution in [-0.2, 0) is 0 Å². The second-order valence-corrected chi connectivity index (χ2v) is 5.40. The van der Waals surface area contributed by atoms with Crippen LogP contribution in [0.25, 0.3) is 0 Å². The standard InChI is InChI=1S/C14H21FN2/c1-9(2)4-11-7-16-13-5-10(3)12(15)6-14(13)17-8-11/h5-6,9,11,16-17H,4,7-8H2,1-3H3. The maximum absolute atomic E-state index is 13.5. The lowest BCUT2D eigenvalue weighted by Crippen LogP contribution is -2.20. The Morgan fingerprint density at radius 3 is 2.41 bits per heavy atom. The molecule has 94 valence electrons.